The molecule has 0 N–H and O–H groups in total. The van der Waals surface area contributed by atoms with Crippen molar-refractivity contribution < 1.29 is 14.0 Å². The molecule has 3 nitrogen and oxygen atoms in total. The first kappa shape index (κ1) is 26.1. The molecule has 0 aromatic carbocycles. The zero-order chi connectivity index (χ0) is 24.1. The van der Waals surface area contributed by atoms with Gasteiger partial charge in [-0.05, 0) is 67.0 Å². The van der Waals surface area contributed by atoms with Crippen LogP contribution in [0.5, 0.6) is 0 Å². The zero-order valence-electron chi connectivity index (χ0n) is 22.1. The highest BCUT2D eigenvalue weighted by atomic mass is 28.4. The van der Waals surface area contributed by atoms with Crippen molar-refractivity contribution in [1.82, 2.24) is 0 Å². The standard InChI is InChI=1S/C27H47BO3Si/c1-18-10-11-22-24(31-19(2)29)23(13-15-26(18,22)6)27(7)14-12-21(28)16-20(27)17-30-32(8,9)25(3,4)5/h20-24H,1,10-17H2,2-9H3/t20-,21-,22?,23?,24+,26-,27+/m1/s1. The number of hydrogen-bond acceptors (Lipinski definition) is 3. The number of esters is 1. The van der Waals surface area contributed by atoms with Crippen LogP contribution in [-0.2, 0) is 14.0 Å². The van der Waals surface area contributed by atoms with Crippen LogP contribution in [-0.4, -0.2) is 34.8 Å². The van der Waals surface area contributed by atoms with E-state index in [9.17, 15) is 4.79 Å². The van der Waals surface area contributed by atoms with E-state index < -0.39 is 8.32 Å². The molecule has 0 aromatic heterocycles. The fraction of sp³-hybridized carbons (Fsp3) is 0.889. The Morgan fingerprint density at radius 1 is 1.16 bits per heavy atom. The minimum absolute atomic E-state index is 0.0276. The lowest BCUT2D eigenvalue weighted by Crippen LogP contribution is -2.54. The monoisotopic (exact) mass is 458 g/mol. The summed E-state index contributed by atoms with van der Waals surface area (Å²) < 4.78 is 13.0. The predicted molar refractivity (Wildman–Crippen MR) is 136 cm³/mol. The van der Waals surface area contributed by atoms with E-state index in [4.69, 9.17) is 17.0 Å². The highest BCUT2D eigenvalue weighted by molar-refractivity contribution is 6.74. The van der Waals surface area contributed by atoms with Gasteiger partial charge >= 0.3 is 5.97 Å². The number of carbonyl (C=O) groups is 1. The van der Waals surface area contributed by atoms with Crippen LogP contribution in [0.3, 0.4) is 0 Å². The van der Waals surface area contributed by atoms with Gasteiger partial charge in [-0.2, -0.15) is 0 Å². The largest absolute Gasteiger partial charge is 0.462 e. The first-order valence-electron chi connectivity index (χ1n) is 12.9. The van der Waals surface area contributed by atoms with Gasteiger partial charge in [-0.1, -0.05) is 65.4 Å². The number of allylic oxidation sites excluding steroid dienone is 1. The Morgan fingerprint density at radius 2 is 1.81 bits per heavy atom. The molecule has 3 rings (SSSR count). The number of rotatable bonds is 5. The maximum absolute atomic E-state index is 12.2. The lowest BCUT2D eigenvalue weighted by molar-refractivity contribution is -0.171. The molecule has 0 amide bonds. The van der Waals surface area contributed by atoms with Crippen molar-refractivity contribution in [2.75, 3.05) is 6.61 Å². The van der Waals surface area contributed by atoms with Gasteiger partial charge in [-0.25, -0.2) is 0 Å². The van der Waals surface area contributed by atoms with Crippen LogP contribution < -0.4 is 0 Å². The second-order valence-electron chi connectivity index (χ2n) is 13.2. The van der Waals surface area contributed by atoms with Gasteiger partial charge in [-0.15, -0.1) is 0 Å². The quantitative estimate of drug-likeness (QED) is 0.251. The molecule has 32 heavy (non-hydrogen) atoms. The predicted octanol–water partition coefficient (Wildman–Crippen LogP) is 7.09. The number of ether oxygens (including phenoxy) is 1. The van der Waals surface area contributed by atoms with E-state index in [2.05, 4.69) is 54.3 Å². The number of fused-ring (bicyclic) bond motifs is 1. The van der Waals surface area contributed by atoms with E-state index >= 15 is 0 Å². The summed E-state index contributed by atoms with van der Waals surface area (Å²) in [5, 5.41) is 0.192. The first-order chi connectivity index (χ1) is 14.6. The Kier molecular flexibility index (Phi) is 7.26. The van der Waals surface area contributed by atoms with Gasteiger partial charge in [0.2, 0.25) is 0 Å². The van der Waals surface area contributed by atoms with Crippen LogP contribution in [0.25, 0.3) is 0 Å². The maximum atomic E-state index is 12.2. The van der Waals surface area contributed by atoms with Crippen molar-refractivity contribution in [2.45, 2.75) is 117 Å². The molecule has 0 spiro atoms. The SMILES string of the molecule is [B][C@@H]1CC[C@](C)(C2CC[C@]3(C)C(=C)CCC3[C@@H]2OC(C)=O)[C@@H](CO[Si](C)(C)C(C)(C)C)C1. The Bertz CT molecular complexity index is 729. The number of hydrogen-bond donors (Lipinski definition) is 0. The first-order valence-corrected chi connectivity index (χ1v) is 15.8. The van der Waals surface area contributed by atoms with Crippen LogP contribution >= 0.6 is 0 Å². The van der Waals surface area contributed by atoms with Crippen LogP contribution in [0, 0.1) is 28.6 Å². The Balaban J connectivity index is 1.90. The smallest absolute Gasteiger partial charge is 0.302 e. The van der Waals surface area contributed by atoms with Crippen molar-refractivity contribution in [2.24, 2.45) is 28.6 Å². The summed E-state index contributed by atoms with van der Waals surface area (Å²) in [6.07, 6.45) is 7.50. The van der Waals surface area contributed by atoms with Gasteiger partial charge in [-0.3, -0.25) is 4.79 Å². The normalized spacial score (nSPS) is 40.8. The molecule has 3 aliphatic rings. The van der Waals surface area contributed by atoms with E-state index in [1.165, 1.54) is 5.57 Å². The fourth-order valence-electron chi connectivity index (χ4n) is 6.77. The molecule has 0 saturated heterocycles. The van der Waals surface area contributed by atoms with Crippen LogP contribution in [0.1, 0.15) is 86.5 Å². The Labute approximate surface area is 200 Å². The molecule has 7 atom stereocenters. The third kappa shape index (κ3) is 4.67. The Morgan fingerprint density at radius 3 is 2.41 bits per heavy atom. The van der Waals surface area contributed by atoms with Crippen molar-refractivity contribution in [1.29, 1.82) is 0 Å². The van der Waals surface area contributed by atoms with Crippen molar-refractivity contribution in [3.05, 3.63) is 12.2 Å². The van der Waals surface area contributed by atoms with Crippen molar-refractivity contribution in [3.8, 4) is 0 Å². The van der Waals surface area contributed by atoms with Gasteiger partial charge in [0.1, 0.15) is 6.10 Å². The Hall–Kier alpha value is -0.548. The summed E-state index contributed by atoms with van der Waals surface area (Å²) in [5.41, 5.74) is 1.53. The molecule has 3 aliphatic carbocycles. The molecule has 0 aliphatic heterocycles. The number of carbonyl (C=O) groups excluding carboxylic acids is 1. The van der Waals surface area contributed by atoms with E-state index in [0.29, 0.717) is 17.8 Å². The fourth-order valence-corrected chi connectivity index (χ4v) is 7.82. The minimum atomic E-state index is -1.85. The average Bonchev–Trinajstić information content (AvgIpc) is 2.97. The lowest BCUT2D eigenvalue weighted by Gasteiger charge is -2.56. The third-order valence-electron chi connectivity index (χ3n) is 10.3. The topological polar surface area (TPSA) is 35.5 Å². The summed E-state index contributed by atoms with van der Waals surface area (Å²) in [7, 11) is 4.65. The van der Waals surface area contributed by atoms with Gasteiger partial charge in [0.25, 0.3) is 0 Å². The molecule has 0 bridgehead atoms. The lowest BCUT2D eigenvalue weighted by atomic mass is 9.50. The van der Waals surface area contributed by atoms with Gasteiger partial charge in [0, 0.05) is 25.4 Å². The van der Waals surface area contributed by atoms with Crippen LogP contribution in [0.4, 0.5) is 0 Å². The van der Waals surface area contributed by atoms with E-state index in [1.807, 2.05) is 0 Å². The second-order valence-corrected chi connectivity index (χ2v) is 18.0. The second kappa shape index (κ2) is 8.91. The molecular weight excluding hydrogens is 411 g/mol. The molecule has 0 heterocycles. The van der Waals surface area contributed by atoms with Gasteiger partial charge < -0.3 is 9.16 Å². The van der Waals surface area contributed by atoms with E-state index in [0.717, 1.165) is 51.6 Å². The highest BCUT2D eigenvalue weighted by Crippen LogP contribution is 2.62. The molecule has 0 aromatic rings. The van der Waals surface area contributed by atoms with Gasteiger partial charge in [0.15, 0.2) is 8.32 Å². The van der Waals surface area contributed by atoms with Gasteiger partial charge in [0.05, 0.1) is 7.85 Å². The minimum Gasteiger partial charge on any atom is -0.462 e. The molecular formula is C27H47BO3Si. The van der Waals surface area contributed by atoms with E-state index in [1.54, 1.807) is 6.92 Å². The molecule has 180 valence electrons. The summed E-state index contributed by atoms with van der Waals surface area (Å²) >= 11 is 0. The summed E-state index contributed by atoms with van der Waals surface area (Å²) in [5.74, 6) is 1.23. The summed E-state index contributed by atoms with van der Waals surface area (Å²) in [4.78, 5) is 12.2. The van der Waals surface area contributed by atoms with Crippen LogP contribution in [0.2, 0.25) is 23.9 Å². The highest BCUT2D eigenvalue weighted by Gasteiger charge is 2.58. The van der Waals surface area contributed by atoms with Crippen molar-refractivity contribution in [3.63, 3.8) is 0 Å². The third-order valence-corrected chi connectivity index (χ3v) is 14.8. The van der Waals surface area contributed by atoms with E-state index in [-0.39, 0.29) is 33.8 Å². The molecule has 3 saturated carbocycles. The molecule has 2 radical (unpaired) electrons. The van der Waals surface area contributed by atoms with Crippen molar-refractivity contribution >= 4 is 22.1 Å². The summed E-state index contributed by atoms with van der Waals surface area (Å²) in [6.45, 7) is 23.2. The average molecular weight is 459 g/mol. The molecule has 3 fully saturated rings. The van der Waals surface area contributed by atoms with Crippen LogP contribution in [0.15, 0.2) is 12.2 Å². The maximum Gasteiger partial charge on any atom is 0.302 e. The molecule has 2 unspecified atom stereocenters. The summed E-state index contributed by atoms with van der Waals surface area (Å²) in [6, 6.07) is 0. The zero-order valence-corrected chi connectivity index (χ0v) is 23.1. The molecule has 5 heteroatoms.